The number of hydrazine groups is 1. The molecule has 1 aliphatic carbocycles. The van der Waals surface area contributed by atoms with Gasteiger partial charge in [0.1, 0.15) is 6.61 Å². The number of rotatable bonds is 2. The summed E-state index contributed by atoms with van der Waals surface area (Å²) in [6.45, 7) is 2.12. The number of ether oxygens (including phenoxy) is 2. The van der Waals surface area contributed by atoms with E-state index in [0.717, 1.165) is 6.42 Å². The van der Waals surface area contributed by atoms with E-state index in [2.05, 4.69) is 10.9 Å². The Morgan fingerprint density at radius 3 is 2.50 bits per heavy atom. The topological polar surface area (TPSA) is 76.7 Å². The first-order valence-corrected chi connectivity index (χ1v) is 6.63. The van der Waals surface area contributed by atoms with Crippen LogP contribution in [0.2, 0.25) is 0 Å². The number of fused-ring (bicyclic) bond motifs is 1. The Kier molecular flexibility index (Phi) is 3.22. The molecule has 0 bridgehead atoms. The second-order valence-corrected chi connectivity index (χ2v) is 5.16. The van der Waals surface area contributed by atoms with E-state index in [9.17, 15) is 9.59 Å². The van der Waals surface area contributed by atoms with E-state index in [4.69, 9.17) is 9.47 Å². The molecule has 20 heavy (non-hydrogen) atoms. The van der Waals surface area contributed by atoms with Crippen molar-refractivity contribution in [1.82, 2.24) is 10.9 Å². The fraction of sp³-hybridized carbons (Fsp3) is 0.429. The molecule has 6 heteroatoms. The average molecular weight is 276 g/mol. The van der Waals surface area contributed by atoms with Crippen molar-refractivity contribution in [1.29, 1.82) is 0 Å². The third-order valence-corrected chi connectivity index (χ3v) is 3.56. The number of para-hydroxylation sites is 2. The lowest BCUT2D eigenvalue weighted by atomic mass is 10.2. The van der Waals surface area contributed by atoms with Crippen LogP contribution in [0.5, 0.6) is 11.5 Å². The van der Waals surface area contributed by atoms with Crippen molar-refractivity contribution in [3.05, 3.63) is 24.3 Å². The molecule has 2 aliphatic rings. The molecule has 1 aromatic rings. The number of carbonyl (C=O) groups is 2. The van der Waals surface area contributed by atoms with Crippen LogP contribution in [0.25, 0.3) is 0 Å². The molecule has 1 saturated carbocycles. The highest BCUT2D eigenvalue weighted by atomic mass is 16.6. The molecule has 2 amide bonds. The van der Waals surface area contributed by atoms with E-state index in [1.165, 1.54) is 0 Å². The Bertz CT molecular complexity index is 546. The third kappa shape index (κ3) is 2.54. The predicted molar refractivity (Wildman–Crippen MR) is 69.9 cm³/mol. The van der Waals surface area contributed by atoms with Crippen molar-refractivity contribution in [2.45, 2.75) is 19.4 Å². The van der Waals surface area contributed by atoms with Crippen LogP contribution >= 0.6 is 0 Å². The van der Waals surface area contributed by atoms with Crippen molar-refractivity contribution in [3.63, 3.8) is 0 Å². The molecule has 0 spiro atoms. The van der Waals surface area contributed by atoms with Crippen LogP contribution in [-0.2, 0) is 9.59 Å². The second kappa shape index (κ2) is 5.03. The van der Waals surface area contributed by atoms with E-state index in [-0.39, 0.29) is 18.4 Å². The van der Waals surface area contributed by atoms with Gasteiger partial charge in [-0.15, -0.1) is 0 Å². The van der Waals surface area contributed by atoms with Gasteiger partial charge in [-0.1, -0.05) is 19.1 Å². The van der Waals surface area contributed by atoms with Gasteiger partial charge in [0.2, 0.25) is 12.0 Å². The Balaban J connectivity index is 1.52. The van der Waals surface area contributed by atoms with Gasteiger partial charge in [0.05, 0.1) is 0 Å². The predicted octanol–water partition coefficient (Wildman–Crippen LogP) is 0.630. The maximum absolute atomic E-state index is 11.9. The molecule has 0 radical (unpaired) electrons. The van der Waals surface area contributed by atoms with Crippen molar-refractivity contribution in [2.24, 2.45) is 11.8 Å². The first-order chi connectivity index (χ1) is 9.65. The van der Waals surface area contributed by atoms with Crippen LogP contribution in [0.4, 0.5) is 0 Å². The molecule has 0 unspecified atom stereocenters. The molecule has 1 aromatic carbocycles. The van der Waals surface area contributed by atoms with Gasteiger partial charge in [-0.2, -0.15) is 0 Å². The molecule has 3 rings (SSSR count). The normalized spacial score (nSPS) is 26.6. The Morgan fingerprint density at radius 2 is 1.80 bits per heavy atom. The molecule has 0 saturated heterocycles. The summed E-state index contributed by atoms with van der Waals surface area (Å²) in [7, 11) is 0. The number of hydrogen-bond donors (Lipinski definition) is 2. The van der Waals surface area contributed by atoms with Crippen molar-refractivity contribution in [3.8, 4) is 11.5 Å². The zero-order chi connectivity index (χ0) is 14.1. The molecule has 6 nitrogen and oxygen atoms in total. The van der Waals surface area contributed by atoms with Crippen LogP contribution in [0.15, 0.2) is 24.3 Å². The fourth-order valence-corrected chi connectivity index (χ4v) is 2.13. The molecular formula is C14H16N2O4. The maximum atomic E-state index is 11.9. The van der Waals surface area contributed by atoms with Gasteiger partial charge in [-0.3, -0.25) is 20.4 Å². The largest absolute Gasteiger partial charge is 0.485 e. The standard InChI is InChI=1S/C14H16N2O4/c1-8-6-9(8)13(17)15-16-14(18)12-7-19-10-4-2-3-5-11(10)20-12/h2-5,8-9,12H,6-7H2,1H3,(H,15,17)(H,16,18)/t8-,9-,12-/m1/s1. The van der Waals surface area contributed by atoms with Gasteiger partial charge in [-0.25, -0.2) is 0 Å². The van der Waals surface area contributed by atoms with E-state index in [1.807, 2.05) is 13.0 Å². The molecule has 1 fully saturated rings. The average Bonchev–Trinajstić information content (AvgIpc) is 3.21. The monoisotopic (exact) mass is 276 g/mol. The Labute approximate surface area is 116 Å². The smallest absolute Gasteiger partial charge is 0.283 e. The van der Waals surface area contributed by atoms with Crippen LogP contribution in [-0.4, -0.2) is 24.5 Å². The number of carbonyl (C=O) groups excluding carboxylic acids is 2. The van der Waals surface area contributed by atoms with Gasteiger partial charge in [0.25, 0.3) is 5.91 Å². The minimum absolute atomic E-state index is 0.0135. The highest BCUT2D eigenvalue weighted by Gasteiger charge is 2.39. The number of nitrogens with one attached hydrogen (secondary N) is 2. The summed E-state index contributed by atoms with van der Waals surface area (Å²) in [5.74, 6) is 0.991. The maximum Gasteiger partial charge on any atom is 0.283 e. The molecular weight excluding hydrogens is 260 g/mol. The van der Waals surface area contributed by atoms with Crippen LogP contribution in [0.3, 0.4) is 0 Å². The zero-order valence-electron chi connectivity index (χ0n) is 11.1. The summed E-state index contributed by atoms with van der Waals surface area (Å²) >= 11 is 0. The lowest BCUT2D eigenvalue weighted by Gasteiger charge is -2.25. The third-order valence-electron chi connectivity index (χ3n) is 3.56. The van der Waals surface area contributed by atoms with Gasteiger partial charge in [0.15, 0.2) is 11.5 Å². The van der Waals surface area contributed by atoms with Crippen LogP contribution in [0, 0.1) is 11.8 Å². The SMILES string of the molecule is C[C@@H]1C[C@H]1C(=O)NNC(=O)[C@H]1COc2ccccc2O1. The van der Waals surface area contributed by atoms with E-state index >= 15 is 0 Å². The lowest BCUT2D eigenvalue weighted by Crippen LogP contribution is -2.51. The van der Waals surface area contributed by atoms with Crippen LogP contribution in [0.1, 0.15) is 13.3 Å². The van der Waals surface area contributed by atoms with Gasteiger partial charge < -0.3 is 9.47 Å². The van der Waals surface area contributed by atoms with Crippen molar-refractivity contribution >= 4 is 11.8 Å². The summed E-state index contributed by atoms with van der Waals surface area (Å²) in [5, 5.41) is 0. The summed E-state index contributed by atoms with van der Waals surface area (Å²) in [6.07, 6.45) is 0.111. The van der Waals surface area contributed by atoms with E-state index in [1.54, 1.807) is 18.2 Å². The highest BCUT2D eigenvalue weighted by molar-refractivity contribution is 5.87. The van der Waals surface area contributed by atoms with Crippen LogP contribution < -0.4 is 20.3 Å². The van der Waals surface area contributed by atoms with E-state index < -0.39 is 12.0 Å². The van der Waals surface area contributed by atoms with Crippen molar-refractivity contribution < 1.29 is 19.1 Å². The number of amides is 2. The summed E-state index contributed by atoms with van der Waals surface area (Å²) in [4.78, 5) is 23.5. The van der Waals surface area contributed by atoms with E-state index in [0.29, 0.717) is 17.4 Å². The minimum Gasteiger partial charge on any atom is -0.485 e. The van der Waals surface area contributed by atoms with Gasteiger partial charge in [0, 0.05) is 5.92 Å². The fourth-order valence-electron chi connectivity index (χ4n) is 2.13. The Hall–Kier alpha value is -2.24. The molecule has 106 valence electrons. The second-order valence-electron chi connectivity index (χ2n) is 5.16. The first kappa shape index (κ1) is 12.8. The Morgan fingerprint density at radius 1 is 1.15 bits per heavy atom. The van der Waals surface area contributed by atoms with Gasteiger partial charge >= 0.3 is 0 Å². The first-order valence-electron chi connectivity index (χ1n) is 6.63. The number of hydrogen-bond acceptors (Lipinski definition) is 4. The van der Waals surface area contributed by atoms with Crippen molar-refractivity contribution in [2.75, 3.05) is 6.61 Å². The number of benzene rings is 1. The summed E-state index contributed by atoms with van der Waals surface area (Å²) in [5.41, 5.74) is 4.80. The molecule has 0 aromatic heterocycles. The molecule has 2 N–H and O–H groups in total. The molecule has 3 atom stereocenters. The molecule has 1 aliphatic heterocycles. The molecule has 1 heterocycles. The summed E-state index contributed by atoms with van der Waals surface area (Å²) < 4.78 is 11.0. The van der Waals surface area contributed by atoms with Gasteiger partial charge in [-0.05, 0) is 24.5 Å². The minimum atomic E-state index is -0.762. The lowest BCUT2D eigenvalue weighted by molar-refractivity contribution is -0.135. The quantitative estimate of drug-likeness (QED) is 0.777. The highest BCUT2D eigenvalue weighted by Crippen LogP contribution is 2.37. The summed E-state index contributed by atoms with van der Waals surface area (Å²) in [6, 6.07) is 7.15. The zero-order valence-corrected chi connectivity index (χ0v) is 11.1.